The first kappa shape index (κ1) is 17.2. The van der Waals surface area contributed by atoms with Gasteiger partial charge in [-0.05, 0) is 51.1 Å². The molecule has 0 unspecified atom stereocenters. The second-order valence-corrected chi connectivity index (χ2v) is 7.15. The lowest BCUT2D eigenvalue weighted by Gasteiger charge is -2.09. The van der Waals surface area contributed by atoms with E-state index < -0.39 is 5.97 Å². The molecule has 1 aromatic carbocycles. The Kier molecular flexibility index (Phi) is 4.86. The number of Topliss-reactive ketones (excluding diaryl/α,β-unsaturated/α-hetero) is 1. The van der Waals surface area contributed by atoms with Crippen LogP contribution in [0.2, 0.25) is 0 Å². The zero-order chi connectivity index (χ0) is 18.0. The van der Waals surface area contributed by atoms with Crippen molar-refractivity contribution < 1.29 is 14.3 Å². The highest BCUT2D eigenvalue weighted by Gasteiger charge is 2.19. The molecule has 0 aliphatic carbocycles. The van der Waals surface area contributed by atoms with E-state index in [9.17, 15) is 9.59 Å². The highest BCUT2D eigenvalue weighted by Crippen LogP contribution is 2.21. The van der Waals surface area contributed by atoms with Crippen LogP contribution in [0.25, 0.3) is 5.69 Å². The van der Waals surface area contributed by atoms with Gasteiger partial charge in [0, 0.05) is 27.5 Å². The summed E-state index contributed by atoms with van der Waals surface area (Å²) in [6.45, 7) is 5.52. The predicted octanol–water partition coefficient (Wildman–Crippen LogP) is 4.50. The van der Waals surface area contributed by atoms with Gasteiger partial charge >= 0.3 is 5.97 Å². The number of esters is 1. The van der Waals surface area contributed by atoms with E-state index in [1.165, 1.54) is 11.3 Å². The minimum atomic E-state index is -0.455. The third-order valence-corrected chi connectivity index (χ3v) is 5.00. The quantitative estimate of drug-likeness (QED) is 0.501. The van der Waals surface area contributed by atoms with E-state index in [4.69, 9.17) is 4.74 Å². The Labute approximate surface area is 150 Å². The summed E-state index contributed by atoms with van der Waals surface area (Å²) in [5.41, 5.74) is 3.39. The van der Waals surface area contributed by atoms with Gasteiger partial charge in [0.2, 0.25) is 5.78 Å². The normalized spacial score (nSPS) is 10.7. The van der Waals surface area contributed by atoms with Crippen LogP contribution in [0.15, 0.2) is 48.5 Å². The van der Waals surface area contributed by atoms with Crippen LogP contribution in [-0.2, 0) is 4.74 Å². The lowest BCUT2D eigenvalue weighted by Crippen LogP contribution is -2.14. The maximum absolute atomic E-state index is 12.5. The number of aromatic nitrogens is 1. The minimum absolute atomic E-state index is 0.197. The van der Waals surface area contributed by atoms with Gasteiger partial charge in [-0.1, -0.05) is 18.2 Å². The van der Waals surface area contributed by atoms with Crippen LogP contribution in [0, 0.1) is 20.8 Å². The molecule has 3 aromatic rings. The molecule has 3 rings (SSSR count). The van der Waals surface area contributed by atoms with Crippen LogP contribution >= 0.6 is 11.3 Å². The van der Waals surface area contributed by atoms with Crippen LogP contribution in [0.5, 0.6) is 0 Å². The number of thiophene rings is 1. The standard InChI is InChI=1S/C20H19NO3S/c1-13-11-17(15(3)21(13)16-7-5-4-6-8-16)18(22)12-24-20(23)19-10-9-14(2)25-19/h4-11H,12H2,1-3H3. The van der Waals surface area contributed by atoms with Gasteiger partial charge in [0.15, 0.2) is 6.61 Å². The second kappa shape index (κ2) is 7.07. The summed E-state index contributed by atoms with van der Waals surface area (Å²) >= 11 is 1.36. The zero-order valence-corrected chi connectivity index (χ0v) is 15.2. The Morgan fingerprint density at radius 3 is 2.40 bits per heavy atom. The van der Waals surface area contributed by atoms with Gasteiger partial charge in [-0.15, -0.1) is 11.3 Å². The molecule has 5 heteroatoms. The zero-order valence-electron chi connectivity index (χ0n) is 14.4. The van der Waals surface area contributed by atoms with Crippen molar-refractivity contribution in [2.75, 3.05) is 6.61 Å². The molecular weight excluding hydrogens is 334 g/mol. The van der Waals surface area contributed by atoms with Crippen molar-refractivity contribution in [3.63, 3.8) is 0 Å². The van der Waals surface area contributed by atoms with Gasteiger partial charge in [0.25, 0.3) is 0 Å². The Morgan fingerprint density at radius 1 is 1.04 bits per heavy atom. The van der Waals surface area contributed by atoms with E-state index in [0.717, 1.165) is 22.0 Å². The van der Waals surface area contributed by atoms with E-state index in [1.807, 2.05) is 67.8 Å². The van der Waals surface area contributed by atoms with Crippen molar-refractivity contribution in [2.45, 2.75) is 20.8 Å². The molecule has 2 aromatic heterocycles. The highest BCUT2D eigenvalue weighted by atomic mass is 32.1. The molecule has 4 nitrogen and oxygen atoms in total. The number of aryl methyl sites for hydroxylation is 2. The monoisotopic (exact) mass is 353 g/mol. The van der Waals surface area contributed by atoms with E-state index in [1.54, 1.807) is 6.07 Å². The van der Waals surface area contributed by atoms with Gasteiger partial charge in [0.05, 0.1) is 0 Å². The fourth-order valence-corrected chi connectivity index (χ4v) is 3.60. The summed E-state index contributed by atoms with van der Waals surface area (Å²) in [6, 6.07) is 15.3. The topological polar surface area (TPSA) is 48.3 Å². The minimum Gasteiger partial charge on any atom is -0.453 e. The van der Waals surface area contributed by atoms with Gasteiger partial charge in [-0.3, -0.25) is 4.79 Å². The van der Waals surface area contributed by atoms with E-state index >= 15 is 0 Å². The number of para-hydroxylation sites is 1. The van der Waals surface area contributed by atoms with Crippen molar-refractivity contribution in [1.29, 1.82) is 0 Å². The molecule has 128 valence electrons. The average molecular weight is 353 g/mol. The van der Waals surface area contributed by atoms with Gasteiger partial charge < -0.3 is 9.30 Å². The Balaban J connectivity index is 1.76. The molecule has 0 spiro atoms. The van der Waals surface area contributed by atoms with E-state index in [-0.39, 0.29) is 12.4 Å². The summed E-state index contributed by atoms with van der Waals surface area (Å²) in [6.07, 6.45) is 0. The second-order valence-electron chi connectivity index (χ2n) is 5.87. The van der Waals surface area contributed by atoms with Crippen LogP contribution < -0.4 is 0 Å². The predicted molar refractivity (Wildman–Crippen MR) is 98.9 cm³/mol. The van der Waals surface area contributed by atoms with Crippen LogP contribution in [0.1, 0.15) is 36.3 Å². The van der Waals surface area contributed by atoms with Crippen molar-refractivity contribution >= 4 is 23.1 Å². The number of carbonyl (C=O) groups excluding carboxylic acids is 2. The number of benzene rings is 1. The fourth-order valence-electron chi connectivity index (χ4n) is 2.84. The maximum Gasteiger partial charge on any atom is 0.348 e. The van der Waals surface area contributed by atoms with E-state index in [0.29, 0.717) is 10.4 Å². The third kappa shape index (κ3) is 3.56. The molecule has 0 amide bonds. The lowest BCUT2D eigenvalue weighted by molar-refractivity contribution is 0.0479. The third-order valence-electron chi connectivity index (χ3n) is 4.02. The first-order chi connectivity index (χ1) is 12.0. The molecule has 0 atom stereocenters. The van der Waals surface area contributed by atoms with Crippen molar-refractivity contribution in [2.24, 2.45) is 0 Å². The fraction of sp³-hybridized carbons (Fsp3) is 0.200. The number of hydrogen-bond donors (Lipinski definition) is 0. The molecular formula is C20H19NO3S. The van der Waals surface area contributed by atoms with E-state index in [2.05, 4.69) is 0 Å². The Hall–Kier alpha value is -2.66. The summed E-state index contributed by atoms with van der Waals surface area (Å²) in [4.78, 5) is 26.1. The molecule has 0 saturated heterocycles. The summed E-state index contributed by atoms with van der Waals surface area (Å²) in [5, 5.41) is 0. The number of carbonyl (C=O) groups is 2. The van der Waals surface area contributed by atoms with Crippen molar-refractivity contribution in [3.05, 3.63) is 75.2 Å². The van der Waals surface area contributed by atoms with Gasteiger partial charge in [-0.2, -0.15) is 0 Å². The number of hydrogen-bond acceptors (Lipinski definition) is 4. The SMILES string of the molecule is Cc1ccc(C(=O)OCC(=O)c2cc(C)n(-c3ccccc3)c2C)s1. The van der Waals surface area contributed by atoms with Gasteiger partial charge in [-0.25, -0.2) is 4.79 Å². The number of rotatable bonds is 5. The van der Waals surface area contributed by atoms with Crippen molar-refractivity contribution in [3.8, 4) is 5.69 Å². The molecule has 0 N–H and O–H groups in total. The van der Waals surface area contributed by atoms with Crippen LogP contribution in [-0.4, -0.2) is 22.9 Å². The number of ether oxygens (including phenoxy) is 1. The largest absolute Gasteiger partial charge is 0.453 e. The summed E-state index contributed by atoms with van der Waals surface area (Å²) in [7, 11) is 0. The molecule has 0 fully saturated rings. The van der Waals surface area contributed by atoms with Crippen LogP contribution in [0.3, 0.4) is 0 Å². The van der Waals surface area contributed by atoms with Crippen LogP contribution in [0.4, 0.5) is 0 Å². The Morgan fingerprint density at radius 2 is 1.76 bits per heavy atom. The molecule has 0 aliphatic rings. The molecule has 0 saturated carbocycles. The number of nitrogens with zero attached hydrogens (tertiary/aromatic N) is 1. The highest BCUT2D eigenvalue weighted by molar-refractivity contribution is 7.13. The maximum atomic E-state index is 12.5. The summed E-state index contributed by atoms with van der Waals surface area (Å²) < 4.78 is 7.21. The molecule has 0 aliphatic heterocycles. The van der Waals surface area contributed by atoms with Gasteiger partial charge in [0.1, 0.15) is 4.88 Å². The molecule has 25 heavy (non-hydrogen) atoms. The van der Waals surface area contributed by atoms with Crippen molar-refractivity contribution in [1.82, 2.24) is 4.57 Å². The molecule has 0 bridgehead atoms. The Bertz CT molecular complexity index is 922. The smallest absolute Gasteiger partial charge is 0.348 e. The molecule has 0 radical (unpaired) electrons. The summed E-state index contributed by atoms with van der Waals surface area (Å²) in [5.74, 6) is -0.653. The first-order valence-corrected chi connectivity index (χ1v) is 8.80. The average Bonchev–Trinajstić information content (AvgIpc) is 3.16. The number of ketones is 1. The first-order valence-electron chi connectivity index (χ1n) is 7.98. The molecule has 2 heterocycles. The lowest BCUT2D eigenvalue weighted by atomic mass is 10.1.